The van der Waals surface area contributed by atoms with Crippen LogP contribution in [-0.4, -0.2) is 35.3 Å². The maximum atomic E-state index is 11.4. The van der Waals surface area contributed by atoms with Crippen molar-refractivity contribution in [1.82, 2.24) is 9.88 Å². The van der Waals surface area contributed by atoms with Gasteiger partial charge in [-0.25, -0.2) is 0 Å². The van der Waals surface area contributed by atoms with Crippen molar-refractivity contribution in [3.8, 4) is 0 Å². The van der Waals surface area contributed by atoms with Crippen molar-refractivity contribution >= 4 is 17.2 Å². The van der Waals surface area contributed by atoms with Crippen molar-refractivity contribution in [3.63, 3.8) is 0 Å². The molecular formula is C18H20N2O. The number of nitrogens with one attached hydrogen (secondary N) is 1. The number of hydrogen-bond donors (Lipinski definition) is 1. The van der Waals surface area contributed by atoms with Crippen LogP contribution >= 0.6 is 0 Å². The van der Waals surface area contributed by atoms with E-state index in [2.05, 4.69) is 40.9 Å². The summed E-state index contributed by atoms with van der Waals surface area (Å²) in [7, 11) is 0. The molecule has 1 unspecified atom stereocenters. The smallest absolute Gasteiger partial charge is 0.124 e. The van der Waals surface area contributed by atoms with Gasteiger partial charge in [0.05, 0.1) is 0 Å². The zero-order valence-corrected chi connectivity index (χ0v) is 12.1. The first-order valence-electron chi connectivity index (χ1n) is 7.71. The molecule has 0 amide bonds. The van der Waals surface area contributed by atoms with Gasteiger partial charge in [0, 0.05) is 48.1 Å². The van der Waals surface area contributed by atoms with E-state index in [1.165, 1.54) is 22.0 Å². The number of likely N-dealkylation sites (tertiary alicyclic amines) is 1. The molecule has 0 radical (unpaired) electrons. The maximum absolute atomic E-state index is 11.4. The molecule has 1 aromatic heterocycles. The van der Waals surface area contributed by atoms with Crippen LogP contribution < -0.4 is 0 Å². The summed E-state index contributed by atoms with van der Waals surface area (Å²) in [5.41, 5.74) is 4.06. The van der Waals surface area contributed by atoms with Crippen molar-refractivity contribution in [2.45, 2.75) is 24.8 Å². The number of aromatic amines is 1. The van der Waals surface area contributed by atoms with Gasteiger partial charge in [-0.3, -0.25) is 4.90 Å². The second-order valence-electron chi connectivity index (χ2n) is 6.34. The first-order valence-corrected chi connectivity index (χ1v) is 7.71. The number of benzene rings is 1. The number of rotatable bonds is 3. The fourth-order valence-electron chi connectivity index (χ4n) is 4.31. The van der Waals surface area contributed by atoms with E-state index in [1.807, 2.05) is 6.08 Å². The quantitative estimate of drug-likeness (QED) is 0.693. The molecule has 4 rings (SSSR count). The van der Waals surface area contributed by atoms with E-state index in [0.717, 1.165) is 32.2 Å². The van der Waals surface area contributed by atoms with Crippen LogP contribution in [0.4, 0.5) is 0 Å². The van der Waals surface area contributed by atoms with Crippen molar-refractivity contribution in [2.75, 3.05) is 13.1 Å². The van der Waals surface area contributed by atoms with Gasteiger partial charge in [0.1, 0.15) is 6.29 Å². The van der Waals surface area contributed by atoms with Gasteiger partial charge in [-0.15, -0.1) is 6.58 Å². The van der Waals surface area contributed by atoms with E-state index in [0.29, 0.717) is 12.0 Å². The third-order valence-corrected chi connectivity index (χ3v) is 5.16. The van der Waals surface area contributed by atoms with Crippen molar-refractivity contribution in [2.24, 2.45) is 5.92 Å². The lowest BCUT2D eigenvalue weighted by Crippen LogP contribution is -2.50. The average molecular weight is 280 g/mol. The minimum atomic E-state index is 0.141. The Balaban J connectivity index is 1.83. The number of H-pyrrole nitrogens is 1. The Hall–Kier alpha value is -1.87. The van der Waals surface area contributed by atoms with E-state index in [4.69, 9.17) is 0 Å². The second-order valence-corrected chi connectivity index (χ2v) is 6.34. The van der Waals surface area contributed by atoms with Gasteiger partial charge in [-0.1, -0.05) is 18.2 Å². The molecule has 2 heterocycles. The van der Waals surface area contributed by atoms with Gasteiger partial charge < -0.3 is 9.78 Å². The fourth-order valence-corrected chi connectivity index (χ4v) is 4.31. The predicted molar refractivity (Wildman–Crippen MR) is 84.5 cm³/mol. The molecule has 0 spiro atoms. The maximum Gasteiger partial charge on any atom is 0.124 e. The normalized spacial score (nSPS) is 28.3. The van der Waals surface area contributed by atoms with Gasteiger partial charge in [-0.2, -0.15) is 0 Å². The predicted octanol–water partition coefficient (Wildman–Crippen LogP) is 2.88. The first kappa shape index (κ1) is 12.8. The van der Waals surface area contributed by atoms with Gasteiger partial charge in [-0.05, 0) is 30.0 Å². The van der Waals surface area contributed by atoms with Gasteiger partial charge in [0.2, 0.25) is 0 Å². The molecule has 3 heteroatoms. The molecule has 3 nitrogen and oxygen atoms in total. The second kappa shape index (κ2) is 4.85. The van der Waals surface area contributed by atoms with Crippen LogP contribution in [0.1, 0.15) is 23.5 Å². The monoisotopic (exact) mass is 280 g/mol. The highest BCUT2D eigenvalue weighted by Crippen LogP contribution is 2.44. The molecule has 1 aromatic carbocycles. The molecule has 1 N–H and O–H groups in total. The SMILES string of the molecule is C=CCN1CC(C=O)C[C@@H]2c3cccc4[nH]cc(c34)C[C@H]21. The molecule has 21 heavy (non-hydrogen) atoms. The number of nitrogens with zero attached hydrogens (tertiary/aromatic N) is 1. The van der Waals surface area contributed by atoms with Crippen LogP contribution in [0.5, 0.6) is 0 Å². The molecule has 0 bridgehead atoms. The van der Waals surface area contributed by atoms with Crippen LogP contribution in [0.3, 0.4) is 0 Å². The molecule has 2 aromatic rings. The highest BCUT2D eigenvalue weighted by molar-refractivity contribution is 5.88. The third kappa shape index (κ3) is 1.88. The first-order chi connectivity index (χ1) is 10.3. The summed E-state index contributed by atoms with van der Waals surface area (Å²) in [4.78, 5) is 17.2. The molecule has 3 atom stereocenters. The van der Waals surface area contributed by atoms with Crippen LogP contribution in [-0.2, 0) is 11.2 Å². The zero-order valence-electron chi connectivity index (χ0n) is 12.1. The lowest BCUT2D eigenvalue weighted by molar-refractivity contribution is -0.113. The summed E-state index contributed by atoms with van der Waals surface area (Å²) < 4.78 is 0. The van der Waals surface area contributed by atoms with Crippen molar-refractivity contribution in [3.05, 3.63) is 48.2 Å². The fraction of sp³-hybridized carbons (Fsp3) is 0.389. The topological polar surface area (TPSA) is 36.1 Å². The highest BCUT2D eigenvalue weighted by Gasteiger charge is 2.40. The van der Waals surface area contributed by atoms with E-state index >= 15 is 0 Å². The number of carbonyl (C=O) groups is 1. The summed E-state index contributed by atoms with van der Waals surface area (Å²) in [6, 6.07) is 7.01. The summed E-state index contributed by atoms with van der Waals surface area (Å²) in [5, 5.41) is 1.39. The lowest BCUT2D eigenvalue weighted by atomic mass is 9.72. The standard InChI is InChI=1S/C18H20N2O/c1-2-6-20-10-12(11-21)7-15-14-4-3-5-16-18(14)13(9-19-16)8-17(15)20/h2-5,9,11-12,15,17,19H,1,6-8,10H2/t12?,15-,17-/m1/s1. The third-order valence-electron chi connectivity index (χ3n) is 5.16. The zero-order chi connectivity index (χ0) is 14.4. The van der Waals surface area contributed by atoms with Crippen molar-refractivity contribution < 1.29 is 4.79 Å². The number of aromatic nitrogens is 1. The van der Waals surface area contributed by atoms with E-state index in [9.17, 15) is 4.79 Å². The molecule has 1 fully saturated rings. The van der Waals surface area contributed by atoms with E-state index in [-0.39, 0.29) is 5.92 Å². The summed E-state index contributed by atoms with van der Waals surface area (Å²) in [6.07, 6.45) is 7.30. The lowest BCUT2D eigenvalue weighted by Gasteiger charge is -2.45. The molecule has 1 saturated heterocycles. The number of piperidine rings is 1. The number of hydrogen-bond acceptors (Lipinski definition) is 2. The van der Waals surface area contributed by atoms with Crippen LogP contribution in [0, 0.1) is 5.92 Å². The number of aldehydes is 1. The van der Waals surface area contributed by atoms with Gasteiger partial charge >= 0.3 is 0 Å². The molecule has 2 aliphatic rings. The largest absolute Gasteiger partial charge is 0.361 e. The number of carbonyl (C=O) groups excluding carboxylic acids is 1. The highest BCUT2D eigenvalue weighted by atomic mass is 16.1. The Bertz CT molecular complexity index is 702. The minimum Gasteiger partial charge on any atom is -0.361 e. The van der Waals surface area contributed by atoms with E-state index in [1.54, 1.807) is 0 Å². The summed E-state index contributed by atoms with van der Waals surface area (Å²) >= 11 is 0. The minimum absolute atomic E-state index is 0.141. The Kier molecular flexibility index (Phi) is 2.96. The molecular weight excluding hydrogens is 260 g/mol. The Morgan fingerprint density at radius 1 is 1.43 bits per heavy atom. The van der Waals surface area contributed by atoms with Crippen molar-refractivity contribution in [1.29, 1.82) is 0 Å². The van der Waals surface area contributed by atoms with E-state index < -0.39 is 0 Å². The summed E-state index contributed by atoms with van der Waals surface area (Å²) in [5.74, 6) is 0.600. The average Bonchev–Trinajstić information content (AvgIpc) is 2.93. The summed E-state index contributed by atoms with van der Waals surface area (Å²) in [6.45, 7) is 5.61. The Labute approximate surface area is 124 Å². The van der Waals surface area contributed by atoms with Crippen LogP contribution in [0.15, 0.2) is 37.1 Å². The molecule has 108 valence electrons. The molecule has 1 aliphatic carbocycles. The Morgan fingerprint density at radius 2 is 2.33 bits per heavy atom. The number of fused-ring (bicyclic) bond motifs is 2. The van der Waals surface area contributed by atoms with Crippen LogP contribution in [0.2, 0.25) is 0 Å². The Morgan fingerprint density at radius 3 is 3.14 bits per heavy atom. The molecule has 0 saturated carbocycles. The van der Waals surface area contributed by atoms with Gasteiger partial charge in [0.15, 0.2) is 0 Å². The molecule has 1 aliphatic heterocycles. The van der Waals surface area contributed by atoms with Crippen LogP contribution in [0.25, 0.3) is 10.9 Å². The van der Waals surface area contributed by atoms with Gasteiger partial charge in [0.25, 0.3) is 0 Å².